The van der Waals surface area contributed by atoms with Crippen molar-refractivity contribution in [3.05, 3.63) is 23.3 Å². The zero-order chi connectivity index (χ0) is 18.7. The molecule has 0 radical (unpaired) electrons. The summed E-state index contributed by atoms with van der Waals surface area (Å²) in [6.07, 6.45) is -1.40. The summed E-state index contributed by atoms with van der Waals surface area (Å²) in [7, 11) is 0. The lowest BCUT2D eigenvalue weighted by atomic mass is 10.1. The predicted molar refractivity (Wildman–Crippen MR) is 77.4 cm³/mol. The maximum atomic E-state index is 12.5. The smallest absolute Gasteiger partial charge is 0.256 e. The maximum Gasteiger partial charge on any atom is 0.256 e. The molecule has 1 aromatic carbocycles. The van der Waals surface area contributed by atoms with Crippen LogP contribution in [0.1, 0.15) is 30.4 Å². The van der Waals surface area contributed by atoms with Gasteiger partial charge in [0.15, 0.2) is 0 Å². The van der Waals surface area contributed by atoms with Crippen molar-refractivity contribution in [2.45, 2.75) is 33.8 Å². The Hall–Kier alpha value is -1.59. The summed E-state index contributed by atoms with van der Waals surface area (Å²) in [5, 5.41) is 15.3. The standard InChI is InChI=1S/C14H23N3O2/c1-5-15-13(16-6-2)14(19)17-12-9(3)7-8-11(18)10(12)4/h7-8,13,15-16,18H,5-6H2,1-4H3,(H,17,19)/i1D2,5D2/hD. The van der Waals surface area contributed by atoms with Crippen LogP contribution >= 0.6 is 0 Å². The second-order valence-electron chi connectivity index (χ2n) is 4.11. The van der Waals surface area contributed by atoms with Crippen molar-refractivity contribution in [2.75, 3.05) is 18.4 Å². The Morgan fingerprint density at radius 2 is 2.32 bits per heavy atom. The van der Waals surface area contributed by atoms with Crippen LogP contribution < -0.4 is 15.9 Å². The van der Waals surface area contributed by atoms with Crippen LogP contribution in [0.2, 0.25) is 1.41 Å². The van der Waals surface area contributed by atoms with E-state index in [4.69, 9.17) is 6.89 Å². The molecular weight excluding hydrogens is 242 g/mol. The van der Waals surface area contributed by atoms with E-state index in [9.17, 15) is 9.90 Å². The monoisotopic (exact) mass is 270 g/mol. The molecule has 0 saturated carbocycles. The van der Waals surface area contributed by atoms with E-state index in [1.807, 2.05) is 0 Å². The molecule has 1 amide bonds. The number of anilines is 1. The van der Waals surface area contributed by atoms with Crippen molar-refractivity contribution in [3.8, 4) is 5.75 Å². The lowest BCUT2D eigenvalue weighted by Gasteiger charge is -2.20. The number of likely N-dealkylation sites (N-methyl/N-ethyl adjacent to an activating group) is 2. The first-order chi connectivity index (χ1) is 11.0. The largest absolute Gasteiger partial charge is 0.508 e. The van der Waals surface area contributed by atoms with Crippen molar-refractivity contribution in [1.29, 1.82) is 0 Å². The van der Waals surface area contributed by atoms with Gasteiger partial charge in [0.2, 0.25) is 0 Å². The molecule has 4 N–H and O–H groups in total. The van der Waals surface area contributed by atoms with Gasteiger partial charge in [-0.15, -0.1) is 0 Å². The molecule has 1 atom stereocenters. The van der Waals surface area contributed by atoms with E-state index in [1.165, 1.54) is 6.07 Å². The number of rotatable bonds is 6. The second-order valence-corrected chi connectivity index (χ2v) is 4.11. The first-order valence-corrected chi connectivity index (χ1v) is 6.00. The van der Waals surface area contributed by atoms with Crippen molar-refractivity contribution >= 4 is 11.6 Å². The molecule has 1 unspecified atom stereocenters. The Labute approximate surface area is 121 Å². The van der Waals surface area contributed by atoms with Gasteiger partial charge >= 0.3 is 0 Å². The topological polar surface area (TPSA) is 73.4 Å². The van der Waals surface area contributed by atoms with Gasteiger partial charge in [-0.25, -0.2) is 0 Å². The van der Waals surface area contributed by atoms with Crippen LogP contribution in [-0.2, 0) is 4.79 Å². The number of hydrogen-bond acceptors (Lipinski definition) is 4. The highest BCUT2D eigenvalue weighted by atomic mass is 16.3. The molecule has 0 bridgehead atoms. The highest BCUT2D eigenvalue weighted by Gasteiger charge is 2.18. The molecule has 0 spiro atoms. The summed E-state index contributed by atoms with van der Waals surface area (Å²) in [6, 6.07) is 3.13. The van der Waals surface area contributed by atoms with E-state index >= 15 is 0 Å². The molecule has 0 heterocycles. The van der Waals surface area contributed by atoms with E-state index < -0.39 is 25.4 Å². The van der Waals surface area contributed by atoms with Gasteiger partial charge in [0.05, 0.1) is 5.69 Å². The van der Waals surface area contributed by atoms with Gasteiger partial charge in [-0.05, 0) is 38.5 Å². The quantitative estimate of drug-likeness (QED) is 0.591. The minimum absolute atomic E-state index is 0.00587. The lowest BCUT2D eigenvalue weighted by molar-refractivity contribution is -0.118. The van der Waals surface area contributed by atoms with Crippen LogP contribution in [0.3, 0.4) is 0 Å². The van der Waals surface area contributed by atoms with Crippen molar-refractivity contribution in [1.82, 2.24) is 10.6 Å². The summed E-state index contributed by atoms with van der Waals surface area (Å²) in [4.78, 5) is 12.5. The zero-order valence-corrected chi connectivity index (χ0v) is 11.3. The molecule has 106 valence electrons. The first-order valence-electron chi connectivity index (χ1n) is 8.60. The summed E-state index contributed by atoms with van der Waals surface area (Å²) >= 11 is 0. The molecule has 0 aliphatic heterocycles. The number of amides is 1. The van der Waals surface area contributed by atoms with Crippen LogP contribution in [-0.4, -0.2) is 30.2 Å². The van der Waals surface area contributed by atoms with Crippen molar-refractivity contribution in [2.24, 2.45) is 0 Å². The molecule has 5 heteroatoms. The molecule has 0 aliphatic rings. The maximum absolute atomic E-state index is 12.5. The Bertz CT molecular complexity index is 598. The lowest BCUT2D eigenvalue weighted by Crippen LogP contribution is -2.50. The van der Waals surface area contributed by atoms with Crippen LogP contribution in [0.25, 0.3) is 0 Å². The van der Waals surface area contributed by atoms with Gasteiger partial charge in [0, 0.05) is 11.0 Å². The van der Waals surface area contributed by atoms with E-state index in [2.05, 4.69) is 10.6 Å². The van der Waals surface area contributed by atoms with Gasteiger partial charge in [0.1, 0.15) is 13.3 Å². The predicted octanol–water partition coefficient (Wildman–Crippen LogP) is 1.49. The van der Waals surface area contributed by atoms with Crippen LogP contribution in [0.15, 0.2) is 12.1 Å². The molecule has 0 aliphatic carbocycles. The van der Waals surface area contributed by atoms with Crippen molar-refractivity contribution < 1.29 is 16.8 Å². The number of aryl methyl sites for hydroxylation is 1. The Balaban J connectivity index is 3.10. The van der Waals surface area contributed by atoms with Gasteiger partial charge in [-0.2, -0.15) is 0 Å². The third-order valence-electron chi connectivity index (χ3n) is 2.74. The minimum Gasteiger partial charge on any atom is -0.508 e. The average molecular weight is 270 g/mol. The van der Waals surface area contributed by atoms with E-state index in [1.54, 1.807) is 26.8 Å². The van der Waals surface area contributed by atoms with Crippen LogP contribution in [0.5, 0.6) is 5.75 Å². The normalized spacial score (nSPS) is 17.2. The third kappa shape index (κ3) is 3.94. The summed E-state index contributed by atoms with van der Waals surface area (Å²) in [5.41, 5.74) is 1.54. The van der Waals surface area contributed by atoms with Crippen LogP contribution in [0.4, 0.5) is 5.69 Å². The number of nitrogens with one attached hydrogen (secondary N) is 3. The Morgan fingerprint density at radius 3 is 2.95 bits per heavy atom. The molecule has 0 fully saturated rings. The highest BCUT2D eigenvalue weighted by molar-refractivity contribution is 5.96. The Kier molecular flexibility index (Phi) is 3.49. The second kappa shape index (κ2) is 7.11. The summed E-state index contributed by atoms with van der Waals surface area (Å²) in [5.74, 6) is -0.709. The SMILES string of the molecule is [2H]C([2H])C([2H])([2H])N([2H])C(NCC)C(=O)Nc1c(C)ccc(O)c1C. The van der Waals surface area contributed by atoms with E-state index in [0.29, 0.717) is 16.8 Å². The van der Waals surface area contributed by atoms with Gasteiger partial charge in [-0.1, -0.05) is 19.9 Å². The Morgan fingerprint density at radius 1 is 1.58 bits per heavy atom. The molecular formula is C14H23N3O2. The number of benzene rings is 1. The fraction of sp³-hybridized carbons (Fsp3) is 0.500. The number of phenols is 1. The molecule has 1 aromatic rings. The average Bonchev–Trinajstić information content (AvgIpc) is 2.51. The third-order valence-corrected chi connectivity index (χ3v) is 2.74. The number of phenolic OH excluding ortho intramolecular Hbond substituents is 1. The summed E-state index contributed by atoms with van der Waals surface area (Å²) < 4.78 is 37.6. The number of aromatic hydroxyl groups is 1. The fourth-order valence-electron chi connectivity index (χ4n) is 1.68. The highest BCUT2D eigenvalue weighted by Crippen LogP contribution is 2.27. The number of hydrogen-bond donors (Lipinski definition) is 4. The van der Waals surface area contributed by atoms with E-state index in [-0.39, 0.29) is 17.6 Å². The first kappa shape index (κ1) is 9.34. The molecule has 1 rings (SSSR count). The fourth-order valence-corrected chi connectivity index (χ4v) is 1.68. The van der Waals surface area contributed by atoms with Gasteiger partial charge in [-0.3, -0.25) is 15.4 Å². The van der Waals surface area contributed by atoms with Gasteiger partial charge < -0.3 is 10.4 Å². The molecule has 19 heavy (non-hydrogen) atoms. The van der Waals surface area contributed by atoms with Gasteiger partial charge in [0.25, 0.3) is 5.91 Å². The number of carbonyl (C=O) groups is 1. The van der Waals surface area contributed by atoms with E-state index in [0.717, 1.165) is 0 Å². The molecule has 0 aromatic heterocycles. The minimum atomic E-state index is -2.65. The van der Waals surface area contributed by atoms with Crippen LogP contribution in [0, 0.1) is 13.8 Å². The zero-order valence-electron chi connectivity index (χ0n) is 16.3. The van der Waals surface area contributed by atoms with Crippen molar-refractivity contribution in [3.63, 3.8) is 0 Å². The number of carbonyl (C=O) groups excluding carboxylic acids is 1. The summed E-state index contributed by atoms with van der Waals surface area (Å²) in [6.45, 7) is 0.726. The molecule has 5 nitrogen and oxygen atoms in total. The molecule has 0 saturated heterocycles.